The number of halogens is 1. The van der Waals surface area contributed by atoms with E-state index in [1.807, 2.05) is 32.0 Å². The molecule has 0 spiro atoms. The van der Waals surface area contributed by atoms with Gasteiger partial charge in [0.05, 0.1) is 0 Å². The zero-order valence-corrected chi connectivity index (χ0v) is 21.8. The van der Waals surface area contributed by atoms with Gasteiger partial charge in [-0.25, -0.2) is 0 Å². The second-order valence-corrected chi connectivity index (χ2v) is 7.98. The highest BCUT2D eigenvalue weighted by Crippen LogP contribution is 2.44. The predicted molar refractivity (Wildman–Crippen MR) is 142 cm³/mol. The first-order valence-electron chi connectivity index (χ1n) is 11.8. The van der Waals surface area contributed by atoms with Crippen LogP contribution in [0.15, 0.2) is 78.9 Å². The lowest BCUT2D eigenvalue weighted by atomic mass is 9.82. The van der Waals surface area contributed by atoms with Crippen molar-refractivity contribution in [1.82, 2.24) is 0 Å². The largest absolute Gasteiger partial charge is 0.120 e. The molecule has 0 aliphatic rings. The Hall–Kier alpha value is -2.05. The van der Waals surface area contributed by atoms with Crippen LogP contribution in [-0.4, -0.2) is 0 Å². The quantitative estimate of drug-likeness (QED) is 0.280. The molecule has 1 heteroatoms. The number of unbranched alkanes of at least 4 members (excludes halogenated alkanes) is 1. The molecule has 0 aromatic heterocycles. The van der Waals surface area contributed by atoms with E-state index < -0.39 is 4.87 Å². The zero-order chi connectivity index (χ0) is 23.7. The molecular formula is C30H43Cl. The molecule has 0 amide bonds. The molecule has 0 bridgehead atoms. The fraction of sp³-hybridized carbons (Fsp3) is 0.400. The molecule has 0 fully saturated rings. The summed E-state index contributed by atoms with van der Waals surface area (Å²) in [6.45, 7) is 16.8. The third kappa shape index (κ3) is 8.91. The molecule has 0 saturated heterocycles. The number of hydrogen-bond donors (Lipinski definition) is 0. The van der Waals surface area contributed by atoms with Gasteiger partial charge in [-0.05, 0) is 36.1 Å². The van der Waals surface area contributed by atoms with Gasteiger partial charge in [0.15, 0.2) is 0 Å². The van der Waals surface area contributed by atoms with Crippen LogP contribution in [0.1, 0.15) is 88.6 Å². The van der Waals surface area contributed by atoms with E-state index in [1.165, 1.54) is 30.4 Å². The highest BCUT2D eigenvalue weighted by atomic mass is 35.5. The van der Waals surface area contributed by atoms with E-state index in [2.05, 4.69) is 102 Å². The van der Waals surface area contributed by atoms with Crippen LogP contribution in [0.4, 0.5) is 0 Å². The van der Waals surface area contributed by atoms with Crippen molar-refractivity contribution in [1.29, 1.82) is 0 Å². The van der Waals surface area contributed by atoms with Crippen LogP contribution in [0.2, 0.25) is 0 Å². The summed E-state index contributed by atoms with van der Waals surface area (Å²) < 4.78 is 0. The third-order valence-corrected chi connectivity index (χ3v) is 5.28. The molecule has 0 N–H and O–H groups in total. The first kappa shape index (κ1) is 28.9. The fourth-order valence-corrected chi connectivity index (χ4v) is 3.35. The summed E-state index contributed by atoms with van der Waals surface area (Å²) in [4.78, 5) is -0.666. The average Bonchev–Trinajstić information content (AvgIpc) is 2.82. The topological polar surface area (TPSA) is 0 Å². The van der Waals surface area contributed by atoms with Gasteiger partial charge in [0.2, 0.25) is 0 Å². The van der Waals surface area contributed by atoms with E-state index in [9.17, 15) is 0 Å². The van der Waals surface area contributed by atoms with Crippen molar-refractivity contribution in [2.24, 2.45) is 0 Å². The number of rotatable bonds is 4. The van der Waals surface area contributed by atoms with E-state index in [1.54, 1.807) is 0 Å². The van der Waals surface area contributed by atoms with Gasteiger partial charge in [0.25, 0.3) is 0 Å². The second-order valence-electron chi connectivity index (χ2n) is 7.41. The minimum atomic E-state index is -0.666. The Kier molecular flexibility index (Phi) is 15.5. The molecule has 0 radical (unpaired) electrons. The van der Waals surface area contributed by atoms with Crippen LogP contribution in [-0.2, 0) is 4.87 Å². The first-order chi connectivity index (χ1) is 14.9. The number of hydrogen-bond acceptors (Lipinski definition) is 0. The van der Waals surface area contributed by atoms with Crippen molar-refractivity contribution in [2.75, 3.05) is 0 Å². The normalized spacial score (nSPS) is 11.4. The van der Waals surface area contributed by atoms with Crippen LogP contribution in [0, 0.1) is 13.8 Å². The van der Waals surface area contributed by atoms with Gasteiger partial charge < -0.3 is 0 Å². The minimum Gasteiger partial charge on any atom is -0.104 e. The van der Waals surface area contributed by atoms with Crippen LogP contribution < -0.4 is 0 Å². The van der Waals surface area contributed by atoms with Crippen molar-refractivity contribution < 1.29 is 0 Å². The van der Waals surface area contributed by atoms with E-state index in [0.717, 1.165) is 16.7 Å². The average molecular weight is 439 g/mol. The van der Waals surface area contributed by atoms with Gasteiger partial charge in [0, 0.05) is 0 Å². The lowest BCUT2D eigenvalue weighted by molar-refractivity contribution is 0.868. The molecule has 0 aliphatic carbocycles. The maximum Gasteiger partial charge on any atom is 0.120 e. The van der Waals surface area contributed by atoms with Gasteiger partial charge in [-0.15, -0.1) is 11.6 Å². The van der Waals surface area contributed by atoms with Crippen LogP contribution >= 0.6 is 11.6 Å². The number of benzene rings is 3. The first-order valence-corrected chi connectivity index (χ1v) is 12.2. The van der Waals surface area contributed by atoms with Crippen LogP contribution in [0.25, 0.3) is 0 Å². The monoisotopic (exact) mass is 438 g/mol. The van der Waals surface area contributed by atoms with E-state index >= 15 is 0 Å². The maximum absolute atomic E-state index is 7.27. The molecule has 31 heavy (non-hydrogen) atoms. The third-order valence-electron chi connectivity index (χ3n) is 4.64. The van der Waals surface area contributed by atoms with Gasteiger partial charge in [-0.1, -0.05) is 145 Å². The number of aryl methyl sites for hydroxylation is 2. The Morgan fingerprint density at radius 1 is 0.613 bits per heavy atom. The van der Waals surface area contributed by atoms with Gasteiger partial charge in [0.1, 0.15) is 4.87 Å². The molecule has 1 unspecified atom stereocenters. The molecule has 3 aromatic carbocycles. The summed E-state index contributed by atoms with van der Waals surface area (Å²) in [5.41, 5.74) is 5.75. The van der Waals surface area contributed by atoms with Crippen molar-refractivity contribution >= 4 is 11.6 Å². The zero-order valence-electron chi connectivity index (χ0n) is 21.0. The molecular weight excluding hydrogens is 396 g/mol. The SMILES string of the molecule is CC.CCC.CCCC.Cc1ccc(C(Cl)(c2ccccc2)c2ccccc2C)cc1. The minimum absolute atomic E-state index is 0.666. The van der Waals surface area contributed by atoms with Crippen molar-refractivity contribution in [3.05, 3.63) is 107 Å². The summed E-state index contributed by atoms with van der Waals surface area (Å²) in [5.74, 6) is 0. The van der Waals surface area contributed by atoms with Crippen LogP contribution in [0.5, 0.6) is 0 Å². The van der Waals surface area contributed by atoms with Crippen LogP contribution in [0.3, 0.4) is 0 Å². The van der Waals surface area contributed by atoms with Crippen molar-refractivity contribution in [2.45, 2.75) is 79.5 Å². The summed E-state index contributed by atoms with van der Waals surface area (Å²) in [6.07, 6.45) is 3.89. The molecule has 3 aromatic rings. The molecule has 0 heterocycles. The smallest absolute Gasteiger partial charge is 0.104 e. The van der Waals surface area contributed by atoms with Gasteiger partial charge in [-0.2, -0.15) is 0 Å². The van der Waals surface area contributed by atoms with Crippen molar-refractivity contribution in [3.63, 3.8) is 0 Å². The van der Waals surface area contributed by atoms with E-state index in [0.29, 0.717) is 0 Å². The van der Waals surface area contributed by atoms with Crippen molar-refractivity contribution in [3.8, 4) is 0 Å². The molecule has 0 nitrogen and oxygen atoms in total. The summed E-state index contributed by atoms with van der Waals surface area (Å²) in [6, 6.07) is 27.1. The van der Waals surface area contributed by atoms with E-state index in [4.69, 9.17) is 11.6 Å². The molecule has 3 rings (SSSR count). The standard InChI is InChI=1S/C21H19Cl.C4H10.C3H8.C2H6/c1-16-12-14-19(15-13-16)21(22,18-9-4-3-5-10-18)20-11-7-6-8-17(20)2;1-3-4-2;1-3-2;1-2/h3-15H,1-2H3;3-4H2,1-2H3;3H2,1-2H3;1-2H3. The summed E-state index contributed by atoms with van der Waals surface area (Å²) in [5, 5.41) is 0. The highest BCUT2D eigenvalue weighted by Gasteiger charge is 2.34. The highest BCUT2D eigenvalue weighted by molar-refractivity contribution is 6.28. The molecule has 0 aliphatic heterocycles. The molecule has 1 atom stereocenters. The fourth-order valence-electron chi connectivity index (χ4n) is 2.89. The predicted octanol–water partition coefficient (Wildman–Crippen LogP) is 10.1. The Morgan fingerprint density at radius 3 is 1.48 bits per heavy atom. The summed E-state index contributed by atoms with van der Waals surface area (Å²) in [7, 11) is 0. The number of alkyl halides is 1. The molecule has 0 saturated carbocycles. The van der Waals surface area contributed by atoms with Gasteiger partial charge >= 0.3 is 0 Å². The maximum atomic E-state index is 7.27. The Morgan fingerprint density at radius 2 is 1.03 bits per heavy atom. The Labute approximate surface area is 197 Å². The van der Waals surface area contributed by atoms with E-state index in [-0.39, 0.29) is 0 Å². The lowest BCUT2D eigenvalue weighted by Gasteiger charge is -2.30. The summed E-state index contributed by atoms with van der Waals surface area (Å²) >= 11 is 7.27. The Bertz CT molecular complexity index is 803. The lowest BCUT2D eigenvalue weighted by Crippen LogP contribution is -2.23. The molecule has 170 valence electrons. The second kappa shape index (κ2) is 16.6. The Balaban J connectivity index is 0.000000865. The van der Waals surface area contributed by atoms with Gasteiger partial charge in [-0.3, -0.25) is 0 Å².